The van der Waals surface area contributed by atoms with Crippen LogP contribution >= 0.6 is 0 Å². The summed E-state index contributed by atoms with van der Waals surface area (Å²) >= 11 is 0. The lowest BCUT2D eigenvalue weighted by atomic mass is 9.99. The maximum absolute atomic E-state index is 12.2. The number of benzene rings is 1. The molecular formula is C12H16N2O2S. The molecular weight excluding hydrogens is 236 g/mol. The lowest BCUT2D eigenvalue weighted by Crippen LogP contribution is -2.30. The number of sulfone groups is 1. The smallest absolute Gasteiger partial charge is 0.360 e. The molecule has 5 heteroatoms. The predicted octanol–water partition coefficient (Wildman–Crippen LogP) is 2.44. The molecule has 0 unspecified atom stereocenters. The van der Waals surface area contributed by atoms with Crippen LogP contribution in [0.4, 0.5) is 0 Å². The zero-order valence-electron chi connectivity index (χ0n) is 10.4. The standard InChI is InChI=1S/C12H16N2O2S/c1-9-5-7-10(8-6-9)17(15,16)11(14-13)12(2,3)4/h5-8H,1-4H3. The molecule has 0 radical (unpaired) electrons. The molecule has 0 amide bonds. The molecule has 0 aliphatic rings. The van der Waals surface area contributed by atoms with E-state index in [4.69, 9.17) is 5.53 Å². The quantitative estimate of drug-likeness (QED) is 0.333. The topological polar surface area (TPSA) is 70.5 Å². The van der Waals surface area contributed by atoms with Gasteiger partial charge in [-0.1, -0.05) is 17.7 Å². The lowest BCUT2D eigenvalue weighted by molar-refractivity contribution is -0.0115. The Morgan fingerprint density at radius 3 is 2.00 bits per heavy atom. The van der Waals surface area contributed by atoms with Gasteiger partial charge < -0.3 is 5.53 Å². The molecule has 0 bridgehead atoms. The molecule has 0 N–H and O–H groups in total. The maximum Gasteiger partial charge on any atom is 0.391 e. The van der Waals surface area contributed by atoms with Crippen molar-refractivity contribution >= 4 is 14.9 Å². The summed E-state index contributed by atoms with van der Waals surface area (Å²) in [5.74, 6) is 0. The lowest BCUT2D eigenvalue weighted by Gasteiger charge is -2.12. The number of nitrogens with zero attached hydrogens (tertiary/aromatic N) is 2. The molecule has 0 saturated heterocycles. The molecule has 0 heterocycles. The Balaban J connectivity index is 3.39. The van der Waals surface area contributed by atoms with E-state index >= 15 is 0 Å². The van der Waals surface area contributed by atoms with Gasteiger partial charge in [0.25, 0.3) is 9.84 Å². The van der Waals surface area contributed by atoms with Crippen LogP contribution in [0.5, 0.6) is 0 Å². The van der Waals surface area contributed by atoms with Crippen LogP contribution in [0, 0.1) is 12.3 Å². The van der Waals surface area contributed by atoms with Gasteiger partial charge in [-0.3, -0.25) is 0 Å². The minimum Gasteiger partial charge on any atom is -0.360 e. The van der Waals surface area contributed by atoms with Crippen molar-refractivity contribution in [2.45, 2.75) is 32.6 Å². The van der Waals surface area contributed by atoms with Crippen molar-refractivity contribution in [3.05, 3.63) is 35.4 Å². The second kappa shape index (κ2) is 4.43. The van der Waals surface area contributed by atoms with Crippen molar-refractivity contribution in [2.24, 2.45) is 5.41 Å². The fourth-order valence-corrected chi connectivity index (χ4v) is 3.07. The first-order chi connectivity index (χ1) is 7.69. The van der Waals surface area contributed by atoms with Crippen LogP contribution in [0.3, 0.4) is 0 Å². The van der Waals surface area contributed by atoms with Gasteiger partial charge in [0.05, 0.1) is 10.3 Å². The van der Waals surface area contributed by atoms with Crippen molar-refractivity contribution in [3.63, 3.8) is 0 Å². The molecule has 0 aliphatic heterocycles. The van der Waals surface area contributed by atoms with E-state index in [1.165, 1.54) is 12.1 Å². The molecule has 0 fully saturated rings. The Morgan fingerprint density at radius 2 is 1.65 bits per heavy atom. The highest BCUT2D eigenvalue weighted by Gasteiger charge is 2.40. The molecule has 0 saturated carbocycles. The first-order valence-corrected chi connectivity index (χ1v) is 6.72. The largest absolute Gasteiger partial charge is 0.391 e. The van der Waals surface area contributed by atoms with Gasteiger partial charge in [-0.25, -0.2) is 8.42 Å². The van der Waals surface area contributed by atoms with Crippen LogP contribution in [0.1, 0.15) is 26.3 Å². The molecule has 1 aromatic carbocycles. The van der Waals surface area contributed by atoms with Crippen LogP contribution in [0.15, 0.2) is 29.2 Å². The van der Waals surface area contributed by atoms with Crippen molar-refractivity contribution in [3.8, 4) is 0 Å². The van der Waals surface area contributed by atoms with Gasteiger partial charge in [-0.15, -0.1) is 0 Å². The van der Waals surface area contributed by atoms with Crippen LogP contribution in [0.25, 0.3) is 5.53 Å². The summed E-state index contributed by atoms with van der Waals surface area (Å²) < 4.78 is 24.5. The summed E-state index contributed by atoms with van der Waals surface area (Å²) in [6.07, 6.45) is 0. The van der Waals surface area contributed by atoms with E-state index in [1.54, 1.807) is 32.9 Å². The van der Waals surface area contributed by atoms with Gasteiger partial charge in [-0.05, 0) is 39.8 Å². The third-order valence-electron chi connectivity index (χ3n) is 2.32. The van der Waals surface area contributed by atoms with Crippen molar-refractivity contribution in [1.82, 2.24) is 0 Å². The molecule has 17 heavy (non-hydrogen) atoms. The Morgan fingerprint density at radius 1 is 1.18 bits per heavy atom. The Bertz CT molecular complexity index is 560. The Hall–Kier alpha value is -1.45. The maximum atomic E-state index is 12.2. The molecule has 92 valence electrons. The van der Waals surface area contributed by atoms with E-state index in [9.17, 15) is 8.42 Å². The van der Waals surface area contributed by atoms with Crippen molar-refractivity contribution < 1.29 is 13.2 Å². The highest BCUT2D eigenvalue weighted by molar-refractivity contribution is 8.06. The van der Waals surface area contributed by atoms with Gasteiger partial charge >= 0.3 is 5.04 Å². The normalized spacial score (nSPS) is 12.0. The minimum atomic E-state index is -3.73. The van der Waals surface area contributed by atoms with Crippen LogP contribution in [0.2, 0.25) is 0 Å². The van der Waals surface area contributed by atoms with Gasteiger partial charge in [0.1, 0.15) is 0 Å². The van der Waals surface area contributed by atoms with Crippen LogP contribution in [-0.2, 0) is 9.84 Å². The van der Waals surface area contributed by atoms with E-state index < -0.39 is 15.3 Å². The van der Waals surface area contributed by atoms with Gasteiger partial charge in [0.2, 0.25) is 0 Å². The van der Waals surface area contributed by atoms with E-state index in [-0.39, 0.29) is 9.94 Å². The molecule has 0 atom stereocenters. The first-order valence-electron chi connectivity index (χ1n) is 5.24. The number of hydrogen-bond donors (Lipinski definition) is 0. The summed E-state index contributed by atoms with van der Waals surface area (Å²) in [5.41, 5.74) is 9.16. The number of aryl methyl sites for hydroxylation is 1. The Kier molecular flexibility index (Phi) is 3.55. The predicted molar refractivity (Wildman–Crippen MR) is 66.4 cm³/mol. The van der Waals surface area contributed by atoms with Crippen LogP contribution in [-0.4, -0.2) is 18.3 Å². The van der Waals surface area contributed by atoms with Gasteiger partial charge in [0.15, 0.2) is 0 Å². The minimum absolute atomic E-state index is 0.144. The molecule has 4 nitrogen and oxygen atoms in total. The van der Waals surface area contributed by atoms with Crippen LogP contribution < -0.4 is 0 Å². The summed E-state index contributed by atoms with van der Waals surface area (Å²) in [7, 11) is -3.73. The first kappa shape index (κ1) is 13.6. The third kappa shape index (κ3) is 2.81. The highest BCUT2D eigenvalue weighted by Crippen LogP contribution is 2.24. The number of rotatable bonds is 1. The van der Waals surface area contributed by atoms with Crippen molar-refractivity contribution in [1.29, 1.82) is 0 Å². The van der Waals surface area contributed by atoms with Gasteiger partial charge in [-0.2, -0.15) is 4.79 Å². The fourth-order valence-electron chi connectivity index (χ4n) is 1.44. The van der Waals surface area contributed by atoms with Gasteiger partial charge in [0, 0.05) is 0 Å². The second-order valence-corrected chi connectivity index (χ2v) is 6.84. The summed E-state index contributed by atoms with van der Waals surface area (Å²) in [5, 5.41) is -0.228. The SMILES string of the molecule is Cc1ccc(S(=O)(=O)C(=[N+]=[N-])C(C)(C)C)cc1. The summed E-state index contributed by atoms with van der Waals surface area (Å²) in [6, 6.07) is 6.46. The summed E-state index contributed by atoms with van der Waals surface area (Å²) in [6.45, 7) is 6.94. The Labute approximate surface area is 102 Å². The molecule has 0 spiro atoms. The zero-order valence-corrected chi connectivity index (χ0v) is 11.2. The monoisotopic (exact) mass is 252 g/mol. The number of hydrogen-bond acceptors (Lipinski definition) is 2. The highest BCUT2D eigenvalue weighted by atomic mass is 32.2. The molecule has 0 aromatic heterocycles. The molecule has 0 aliphatic carbocycles. The van der Waals surface area contributed by atoms with E-state index in [0.29, 0.717) is 0 Å². The zero-order chi connectivity index (χ0) is 13.3. The second-order valence-electron chi connectivity index (χ2n) is 4.97. The van der Waals surface area contributed by atoms with E-state index in [2.05, 4.69) is 4.79 Å². The van der Waals surface area contributed by atoms with E-state index in [1.807, 2.05) is 6.92 Å². The summed E-state index contributed by atoms with van der Waals surface area (Å²) in [4.78, 5) is 3.10. The van der Waals surface area contributed by atoms with Crippen molar-refractivity contribution in [2.75, 3.05) is 0 Å². The third-order valence-corrected chi connectivity index (χ3v) is 4.41. The average molecular weight is 252 g/mol. The molecule has 1 aromatic rings. The average Bonchev–Trinajstić information content (AvgIpc) is 2.16. The van der Waals surface area contributed by atoms with E-state index in [0.717, 1.165) is 5.56 Å². The fraction of sp³-hybridized carbons (Fsp3) is 0.417. The molecule has 1 rings (SSSR count).